The topological polar surface area (TPSA) is 69.8 Å². The van der Waals surface area contributed by atoms with Gasteiger partial charge in [-0.25, -0.2) is 0 Å². The first-order chi connectivity index (χ1) is 12.2. The number of rotatable bonds is 3. The van der Waals surface area contributed by atoms with Gasteiger partial charge in [0, 0.05) is 38.7 Å². The highest BCUT2D eigenvalue weighted by Crippen LogP contribution is 2.28. The van der Waals surface area contributed by atoms with Gasteiger partial charge in [0.2, 0.25) is 5.91 Å². The molecular weight excluding hydrogens is 318 g/mol. The molecular formula is C19H25N3O3. The van der Waals surface area contributed by atoms with Crippen LogP contribution in [0, 0.1) is 11.8 Å². The van der Waals surface area contributed by atoms with E-state index in [-0.39, 0.29) is 24.3 Å². The number of fused-ring (bicyclic) bond motifs is 1. The van der Waals surface area contributed by atoms with E-state index in [4.69, 9.17) is 4.42 Å². The zero-order chi connectivity index (χ0) is 17.2. The number of aliphatic hydroxyl groups excluding tert-OH is 1. The Morgan fingerprint density at radius 3 is 2.76 bits per heavy atom. The fraction of sp³-hybridized carbons (Fsp3) is 0.579. The van der Waals surface area contributed by atoms with Crippen LogP contribution in [0.2, 0.25) is 0 Å². The average Bonchev–Trinajstić information content (AvgIpc) is 3.12. The summed E-state index contributed by atoms with van der Waals surface area (Å²) in [6, 6.07) is 8.44. The lowest BCUT2D eigenvalue weighted by Gasteiger charge is -2.37. The Balaban J connectivity index is 1.37. The third-order valence-corrected chi connectivity index (χ3v) is 5.49. The molecule has 0 radical (unpaired) electrons. The molecule has 0 aliphatic carbocycles. The fourth-order valence-corrected chi connectivity index (χ4v) is 3.99. The molecule has 6 heteroatoms. The molecule has 1 N–H and O–H groups in total. The van der Waals surface area contributed by atoms with Crippen LogP contribution in [0.25, 0.3) is 11.1 Å². The van der Waals surface area contributed by atoms with Gasteiger partial charge >= 0.3 is 0 Å². The lowest BCUT2D eigenvalue weighted by atomic mass is 9.92. The Bertz CT molecular complexity index is 703. The maximum Gasteiger partial charge on any atom is 0.298 e. The number of hydrogen-bond donors (Lipinski definition) is 1. The van der Waals surface area contributed by atoms with Gasteiger partial charge in [0.1, 0.15) is 5.52 Å². The first-order valence-corrected chi connectivity index (χ1v) is 9.25. The van der Waals surface area contributed by atoms with Gasteiger partial charge in [-0.2, -0.15) is 4.98 Å². The van der Waals surface area contributed by atoms with Crippen LogP contribution < -0.4 is 4.90 Å². The van der Waals surface area contributed by atoms with Crippen molar-refractivity contribution in [1.82, 2.24) is 9.88 Å². The van der Waals surface area contributed by atoms with E-state index in [0.29, 0.717) is 12.6 Å². The molecule has 134 valence electrons. The van der Waals surface area contributed by atoms with E-state index in [1.54, 1.807) is 0 Å². The van der Waals surface area contributed by atoms with Crippen molar-refractivity contribution in [2.75, 3.05) is 37.7 Å². The van der Waals surface area contributed by atoms with E-state index < -0.39 is 0 Å². The van der Waals surface area contributed by atoms with Crippen LogP contribution in [-0.4, -0.2) is 53.7 Å². The van der Waals surface area contributed by atoms with Gasteiger partial charge in [-0.1, -0.05) is 12.1 Å². The van der Waals surface area contributed by atoms with Gasteiger partial charge in [0.25, 0.3) is 6.01 Å². The number of carbonyl (C=O) groups is 1. The van der Waals surface area contributed by atoms with E-state index in [9.17, 15) is 9.90 Å². The molecule has 1 unspecified atom stereocenters. The number of aromatic nitrogens is 1. The first-order valence-electron chi connectivity index (χ1n) is 9.25. The van der Waals surface area contributed by atoms with Crippen molar-refractivity contribution in [1.29, 1.82) is 0 Å². The molecule has 2 aromatic rings. The summed E-state index contributed by atoms with van der Waals surface area (Å²) in [5.74, 6) is 0.589. The SMILES string of the molecule is O=C(C1CCN(c2nc3ccccc3o2)CC1)N1CCCC(CO)C1. The van der Waals surface area contributed by atoms with Crippen LogP contribution in [0.1, 0.15) is 25.7 Å². The molecule has 4 rings (SSSR count). The number of piperidine rings is 2. The number of benzene rings is 1. The molecule has 2 aliphatic heterocycles. The minimum atomic E-state index is 0.0815. The van der Waals surface area contributed by atoms with Crippen LogP contribution >= 0.6 is 0 Å². The number of hydrogen-bond acceptors (Lipinski definition) is 5. The van der Waals surface area contributed by atoms with Crippen molar-refractivity contribution < 1.29 is 14.3 Å². The van der Waals surface area contributed by atoms with Crippen molar-refractivity contribution in [2.24, 2.45) is 11.8 Å². The van der Waals surface area contributed by atoms with Crippen LogP contribution in [0.4, 0.5) is 6.01 Å². The van der Waals surface area contributed by atoms with Gasteiger partial charge in [-0.15, -0.1) is 0 Å². The molecule has 3 heterocycles. The summed E-state index contributed by atoms with van der Waals surface area (Å²) in [5, 5.41) is 9.36. The van der Waals surface area contributed by atoms with E-state index in [1.807, 2.05) is 29.2 Å². The Hall–Kier alpha value is -2.08. The van der Waals surface area contributed by atoms with Gasteiger partial charge < -0.3 is 19.3 Å². The smallest absolute Gasteiger partial charge is 0.298 e. The summed E-state index contributed by atoms with van der Waals surface area (Å²) in [4.78, 5) is 21.4. The molecule has 0 spiro atoms. The Kier molecular flexibility index (Phi) is 4.61. The lowest BCUT2D eigenvalue weighted by Crippen LogP contribution is -2.46. The molecule has 0 bridgehead atoms. The van der Waals surface area contributed by atoms with Gasteiger partial charge in [0.05, 0.1) is 0 Å². The second-order valence-corrected chi connectivity index (χ2v) is 7.20. The zero-order valence-corrected chi connectivity index (χ0v) is 14.4. The Labute approximate surface area is 147 Å². The highest BCUT2D eigenvalue weighted by molar-refractivity contribution is 5.79. The van der Waals surface area contributed by atoms with Crippen LogP contribution in [0.3, 0.4) is 0 Å². The van der Waals surface area contributed by atoms with Crippen LogP contribution in [-0.2, 0) is 4.79 Å². The van der Waals surface area contributed by atoms with Crippen LogP contribution in [0.15, 0.2) is 28.7 Å². The van der Waals surface area contributed by atoms with Crippen molar-refractivity contribution in [3.05, 3.63) is 24.3 Å². The van der Waals surface area contributed by atoms with Gasteiger partial charge in [0.15, 0.2) is 5.58 Å². The summed E-state index contributed by atoms with van der Waals surface area (Å²) >= 11 is 0. The predicted molar refractivity (Wildman–Crippen MR) is 95.3 cm³/mol. The van der Waals surface area contributed by atoms with Gasteiger partial charge in [-0.3, -0.25) is 4.79 Å². The highest BCUT2D eigenvalue weighted by Gasteiger charge is 2.32. The molecule has 1 aromatic heterocycles. The largest absolute Gasteiger partial charge is 0.423 e. The number of likely N-dealkylation sites (tertiary alicyclic amines) is 1. The maximum atomic E-state index is 12.8. The van der Waals surface area contributed by atoms with Crippen molar-refractivity contribution in [3.8, 4) is 0 Å². The third kappa shape index (κ3) is 3.35. The van der Waals surface area contributed by atoms with Crippen molar-refractivity contribution in [3.63, 3.8) is 0 Å². The molecule has 2 fully saturated rings. The fourth-order valence-electron chi connectivity index (χ4n) is 3.99. The summed E-state index contributed by atoms with van der Waals surface area (Å²) in [6.45, 7) is 3.31. The first kappa shape index (κ1) is 16.4. The molecule has 0 saturated carbocycles. The molecule has 6 nitrogen and oxygen atoms in total. The van der Waals surface area contributed by atoms with Gasteiger partial charge in [-0.05, 0) is 43.7 Å². The van der Waals surface area contributed by atoms with E-state index >= 15 is 0 Å². The van der Waals surface area contributed by atoms with Crippen LogP contribution in [0.5, 0.6) is 0 Å². The Morgan fingerprint density at radius 1 is 1.20 bits per heavy atom. The summed E-state index contributed by atoms with van der Waals surface area (Å²) < 4.78 is 5.84. The maximum absolute atomic E-state index is 12.8. The molecule has 2 saturated heterocycles. The summed E-state index contributed by atoms with van der Waals surface area (Å²) in [6.07, 6.45) is 3.69. The third-order valence-electron chi connectivity index (χ3n) is 5.49. The molecule has 25 heavy (non-hydrogen) atoms. The molecule has 1 amide bonds. The second-order valence-electron chi connectivity index (χ2n) is 7.20. The number of anilines is 1. The van der Waals surface area contributed by atoms with E-state index in [2.05, 4.69) is 9.88 Å². The van der Waals surface area contributed by atoms with Crippen molar-refractivity contribution in [2.45, 2.75) is 25.7 Å². The minimum Gasteiger partial charge on any atom is -0.423 e. The standard InChI is InChI=1S/C19H25N3O3/c23-13-14-4-3-9-22(12-14)18(24)15-7-10-21(11-8-15)19-20-16-5-1-2-6-17(16)25-19/h1-2,5-6,14-15,23H,3-4,7-13H2. The second kappa shape index (κ2) is 7.04. The predicted octanol–water partition coefficient (Wildman–Crippen LogP) is 2.28. The average molecular weight is 343 g/mol. The number of carbonyl (C=O) groups excluding carboxylic acids is 1. The summed E-state index contributed by atoms with van der Waals surface area (Å²) in [7, 11) is 0. The zero-order valence-electron chi connectivity index (χ0n) is 14.4. The van der Waals surface area contributed by atoms with E-state index in [1.165, 1.54) is 0 Å². The van der Waals surface area contributed by atoms with E-state index in [0.717, 1.165) is 56.4 Å². The molecule has 2 aliphatic rings. The minimum absolute atomic E-state index is 0.0815. The highest BCUT2D eigenvalue weighted by atomic mass is 16.4. The monoisotopic (exact) mass is 343 g/mol. The molecule has 1 atom stereocenters. The number of para-hydroxylation sites is 2. The van der Waals surface area contributed by atoms with Crippen molar-refractivity contribution >= 4 is 23.0 Å². The number of aliphatic hydroxyl groups is 1. The normalized spacial score (nSPS) is 22.5. The number of amides is 1. The molecule has 1 aromatic carbocycles. The number of oxazole rings is 1. The quantitative estimate of drug-likeness (QED) is 0.926. The Morgan fingerprint density at radius 2 is 2.00 bits per heavy atom. The number of nitrogens with zero attached hydrogens (tertiary/aromatic N) is 3. The lowest BCUT2D eigenvalue weighted by molar-refractivity contribution is -0.138. The summed E-state index contributed by atoms with van der Waals surface area (Å²) in [5.41, 5.74) is 1.68.